The van der Waals surface area contributed by atoms with Gasteiger partial charge in [-0.05, 0) is 12.8 Å². The van der Waals surface area contributed by atoms with E-state index in [0.717, 1.165) is 12.8 Å². The molecule has 0 aliphatic carbocycles. The Morgan fingerprint density at radius 3 is 2.60 bits per heavy atom. The van der Waals surface area contributed by atoms with Crippen molar-refractivity contribution in [2.24, 2.45) is 0 Å². The average molecular weight is 301 g/mol. The molecule has 2 unspecified atom stereocenters. The normalized spacial score (nSPS) is 13.6. The van der Waals surface area contributed by atoms with Crippen LogP contribution in [0.2, 0.25) is 0 Å². The lowest BCUT2D eigenvalue weighted by atomic mass is 10.3. The van der Waals surface area contributed by atoms with E-state index in [-0.39, 0.29) is 5.25 Å². The third-order valence-electron chi connectivity index (χ3n) is 2.67. The summed E-state index contributed by atoms with van der Waals surface area (Å²) in [6.07, 6.45) is 3.39. The quantitative estimate of drug-likeness (QED) is 0.710. The zero-order valence-electron chi connectivity index (χ0n) is 12.5. The lowest BCUT2D eigenvalue weighted by molar-refractivity contribution is 0.292. The summed E-state index contributed by atoms with van der Waals surface area (Å²) in [4.78, 5) is 12.5. The largest absolute Gasteiger partial charge is 0.463 e. The Hall–Kier alpha value is -1.44. The zero-order valence-corrected chi connectivity index (χ0v) is 13.3. The second kappa shape index (κ2) is 8.68. The molecule has 2 N–H and O–H groups in total. The van der Waals surface area contributed by atoms with Crippen LogP contribution in [0.5, 0.6) is 6.01 Å². The molecule has 1 rings (SSSR count). The molecule has 0 aliphatic heterocycles. The van der Waals surface area contributed by atoms with Gasteiger partial charge in [0.2, 0.25) is 11.9 Å². The molecule has 0 saturated heterocycles. The summed E-state index contributed by atoms with van der Waals surface area (Å²) in [6.45, 7) is 5.20. The van der Waals surface area contributed by atoms with Crippen LogP contribution in [0.1, 0.15) is 26.7 Å². The number of aromatic nitrogens is 3. The Labute approximate surface area is 122 Å². The van der Waals surface area contributed by atoms with Crippen molar-refractivity contribution < 1.29 is 8.95 Å². The summed E-state index contributed by atoms with van der Waals surface area (Å²) in [5.41, 5.74) is 0. The number of ether oxygens (including phenoxy) is 1. The van der Waals surface area contributed by atoms with Gasteiger partial charge in [-0.1, -0.05) is 13.8 Å². The lowest BCUT2D eigenvalue weighted by Crippen LogP contribution is -2.16. The van der Waals surface area contributed by atoms with Gasteiger partial charge in [0.15, 0.2) is 0 Å². The van der Waals surface area contributed by atoms with Gasteiger partial charge in [-0.25, -0.2) is 0 Å². The molecule has 20 heavy (non-hydrogen) atoms. The summed E-state index contributed by atoms with van der Waals surface area (Å²) >= 11 is 0. The molecule has 2 atom stereocenters. The maximum Gasteiger partial charge on any atom is 0.323 e. The third-order valence-corrected chi connectivity index (χ3v) is 4.04. The van der Waals surface area contributed by atoms with E-state index in [1.807, 2.05) is 13.8 Å². The number of rotatable bonds is 9. The number of hydrogen-bond acceptors (Lipinski definition) is 7. The first-order valence-electron chi connectivity index (χ1n) is 6.69. The maximum atomic E-state index is 11.3. The van der Waals surface area contributed by atoms with Crippen LogP contribution < -0.4 is 15.4 Å². The first-order valence-corrected chi connectivity index (χ1v) is 8.31. The molecule has 0 radical (unpaired) electrons. The molecule has 8 heteroatoms. The van der Waals surface area contributed by atoms with Gasteiger partial charge in [0.05, 0.1) is 6.61 Å². The van der Waals surface area contributed by atoms with Crippen molar-refractivity contribution >= 4 is 22.7 Å². The lowest BCUT2D eigenvalue weighted by Gasteiger charge is -2.11. The highest BCUT2D eigenvalue weighted by Crippen LogP contribution is 2.11. The van der Waals surface area contributed by atoms with Gasteiger partial charge in [0.1, 0.15) is 0 Å². The first kappa shape index (κ1) is 16.6. The van der Waals surface area contributed by atoms with E-state index in [2.05, 4.69) is 25.6 Å². The van der Waals surface area contributed by atoms with E-state index in [1.165, 1.54) is 0 Å². The van der Waals surface area contributed by atoms with Crippen molar-refractivity contribution in [3.63, 3.8) is 0 Å². The predicted molar refractivity (Wildman–Crippen MR) is 81.8 cm³/mol. The van der Waals surface area contributed by atoms with Crippen molar-refractivity contribution in [1.82, 2.24) is 15.0 Å². The minimum Gasteiger partial charge on any atom is -0.463 e. The molecule has 1 heterocycles. The fourth-order valence-electron chi connectivity index (χ4n) is 1.36. The van der Waals surface area contributed by atoms with Crippen LogP contribution in [-0.4, -0.2) is 50.9 Å². The van der Waals surface area contributed by atoms with Crippen molar-refractivity contribution in [3.8, 4) is 6.01 Å². The molecule has 7 nitrogen and oxygen atoms in total. The van der Waals surface area contributed by atoms with E-state index >= 15 is 0 Å². The van der Waals surface area contributed by atoms with E-state index in [9.17, 15) is 4.21 Å². The van der Waals surface area contributed by atoms with Crippen molar-refractivity contribution in [1.29, 1.82) is 0 Å². The fourth-order valence-corrected chi connectivity index (χ4v) is 1.81. The number of anilines is 2. The highest BCUT2D eigenvalue weighted by Gasteiger charge is 2.08. The Bertz CT molecular complexity index is 444. The van der Waals surface area contributed by atoms with Crippen molar-refractivity contribution in [3.05, 3.63) is 0 Å². The van der Waals surface area contributed by atoms with Crippen LogP contribution in [0.15, 0.2) is 0 Å². The number of nitrogens with one attached hydrogen (secondary N) is 2. The zero-order chi connectivity index (χ0) is 15.0. The highest BCUT2D eigenvalue weighted by molar-refractivity contribution is 7.84. The van der Waals surface area contributed by atoms with Crippen LogP contribution in [-0.2, 0) is 10.8 Å². The van der Waals surface area contributed by atoms with Crippen molar-refractivity contribution in [2.45, 2.75) is 31.9 Å². The Morgan fingerprint density at radius 1 is 1.30 bits per heavy atom. The average Bonchev–Trinajstić information content (AvgIpc) is 2.44. The number of hydrogen-bond donors (Lipinski definition) is 2. The van der Waals surface area contributed by atoms with Crippen LogP contribution in [0.4, 0.5) is 11.9 Å². The van der Waals surface area contributed by atoms with Crippen LogP contribution in [0.3, 0.4) is 0 Å². The summed E-state index contributed by atoms with van der Waals surface area (Å²) in [6, 6.07) is 0.306. The monoisotopic (exact) mass is 301 g/mol. The summed E-state index contributed by atoms with van der Waals surface area (Å²) < 4.78 is 16.7. The molecule has 0 aliphatic rings. The molecule has 0 fully saturated rings. The summed E-state index contributed by atoms with van der Waals surface area (Å²) in [5.74, 6) is 0.922. The van der Waals surface area contributed by atoms with Gasteiger partial charge in [-0.2, -0.15) is 15.0 Å². The standard InChI is InChI=1S/C12H23N5O2S/c1-5-8-19-12-16-10(13-3)15-11(17-12)14-7-6-9(2)20(4)18/h9H,5-8H2,1-4H3,(H2,13,14,15,16,17). The van der Waals surface area contributed by atoms with Crippen molar-refractivity contribution in [2.75, 3.05) is 37.1 Å². The van der Waals surface area contributed by atoms with E-state index < -0.39 is 10.8 Å². The van der Waals surface area contributed by atoms with Gasteiger partial charge in [0.25, 0.3) is 0 Å². The fraction of sp³-hybridized carbons (Fsp3) is 0.750. The van der Waals surface area contributed by atoms with Gasteiger partial charge < -0.3 is 15.4 Å². The van der Waals surface area contributed by atoms with E-state index in [4.69, 9.17) is 4.74 Å². The minimum atomic E-state index is -0.813. The molecule has 0 bridgehead atoms. The Morgan fingerprint density at radius 2 is 2.00 bits per heavy atom. The SMILES string of the molecule is CCCOc1nc(NC)nc(NCCC(C)S(C)=O)n1. The minimum absolute atomic E-state index is 0.143. The Kier molecular flexibility index (Phi) is 7.21. The molecular weight excluding hydrogens is 278 g/mol. The Balaban J connectivity index is 2.61. The second-order valence-electron chi connectivity index (χ2n) is 4.39. The smallest absolute Gasteiger partial charge is 0.323 e. The van der Waals surface area contributed by atoms with Crippen LogP contribution >= 0.6 is 0 Å². The highest BCUT2D eigenvalue weighted by atomic mass is 32.2. The van der Waals surface area contributed by atoms with E-state index in [1.54, 1.807) is 13.3 Å². The predicted octanol–water partition coefficient (Wildman–Crippen LogP) is 1.27. The molecule has 1 aromatic rings. The van der Waals surface area contributed by atoms with Gasteiger partial charge >= 0.3 is 6.01 Å². The first-order chi connectivity index (χ1) is 9.56. The van der Waals surface area contributed by atoms with Gasteiger partial charge in [-0.3, -0.25) is 4.21 Å². The van der Waals surface area contributed by atoms with Crippen LogP contribution in [0, 0.1) is 0 Å². The summed E-state index contributed by atoms with van der Waals surface area (Å²) in [5, 5.41) is 6.12. The van der Waals surface area contributed by atoms with Gasteiger partial charge in [-0.15, -0.1) is 0 Å². The summed E-state index contributed by atoms with van der Waals surface area (Å²) in [7, 11) is 0.928. The molecule has 0 amide bonds. The van der Waals surface area contributed by atoms with Gasteiger partial charge in [0, 0.05) is 35.9 Å². The van der Waals surface area contributed by atoms with E-state index in [0.29, 0.717) is 31.1 Å². The maximum absolute atomic E-state index is 11.3. The third kappa shape index (κ3) is 5.68. The number of nitrogens with zero attached hydrogens (tertiary/aromatic N) is 3. The molecule has 114 valence electrons. The topological polar surface area (TPSA) is 89.0 Å². The molecule has 1 aromatic heterocycles. The molecular formula is C12H23N5O2S. The second-order valence-corrected chi connectivity index (χ2v) is 6.19. The molecule has 0 saturated carbocycles. The van der Waals surface area contributed by atoms with Crippen LogP contribution in [0.25, 0.3) is 0 Å². The molecule has 0 aromatic carbocycles. The molecule has 0 spiro atoms.